The maximum Gasteiger partial charge on any atom is 0.255 e. The second-order valence-electron chi connectivity index (χ2n) is 9.55. The number of rotatable bonds is 4. The maximum absolute atomic E-state index is 13.4. The van der Waals surface area contributed by atoms with Gasteiger partial charge in [-0.05, 0) is 64.5 Å². The molecule has 7 nitrogen and oxygen atoms in total. The van der Waals surface area contributed by atoms with Crippen LogP contribution in [0.25, 0.3) is 11.1 Å². The minimum atomic E-state index is -0.0787. The summed E-state index contributed by atoms with van der Waals surface area (Å²) in [5.74, 6) is -0.0787. The second kappa shape index (κ2) is 8.72. The third kappa shape index (κ3) is 4.23. The first-order chi connectivity index (χ1) is 16.3. The molecule has 0 saturated carbocycles. The van der Waals surface area contributed by atoms with Gasteiger partial charge in [0.25, 0.3) is 5.91 Å². The molecule has 176 valence electrons. The van der Waals surface area contributed by atoms with E-state index < -0.39 is 0 Å². The number of piperidine rings is 1. The Bertz CT molecular complexity index is 1280. The molecule has 5 rings (SSSR count). The molecule has 34 heavy (non-hydrogen) atoms. The fourth-order valence-corrected chi connectivity index (χ4v) is 4.97. The van der Waals surface area contributed by atoms with Gasteiger partial charge in [0.05, 0.1) is 34.5 Å². The molecule has 1 fully saturated rings. The highest BCUT2D eigenvalue weighted by Gasteiger charge is 2.30. The van der Waals surface area contributed by atoms with Crippen LogP contribution in [0.2, 0.25) is 0 Å². The lowest BCUT2D eigenvalue weighted by Gasteiger charge is -2.42. The lowest BCUT2D eigenvalue weighted by molar-refractivity contribution is -0.122. The molecule has 0 bridgehead atoms. The number of nitrogens with zero attached hydrogens (tertiary/aromatic N) is 5. The quantitative estimate of drug-likeness (QED) is 0.756. The Kier molecular flexibility index (Phi) is 5.73. The third-order valence-electron chi connectivity index (χ3n) is 6.91. The zero-order valence-electron chi connectivity index (χ0n) is 20.4. The normalized spacial score (nSPS) is 22.5. The minimum Gasteiger partial charge on any atom is -0.370 e. The van der Waals surface area contributed by atoms with Crippen molar-refractivity contribution in [1.82, 2.24) is 29.7 Å². The highest BCUT2D eigenvalue weighted by molar-refractivity contribution is 5.99. The average molecular weight is 457 g/mol. The van der Waals surface area contributed by atoms with Gasteiger partial charge in [-0.1, -0.05) is 19.1 Å². The highest BCUT2D eigenvalue weighted by Crippen LogP contribution is 2.29. The predicted octanol–water partition coefficient (Wildman–Crippen LogP) is 3.89. The standard InChI is InChI=1S/C27H32N6O/c1-5-28-27(4)11-13-31(14-12-27)23-10-9-22-8-6-7-21(15-26(34)32(22)18-23)24-16-25-20(3)29-19(2)17-33(25)30-24/h6-10,15-18,28H,5,11-14H2,1-4H3/b7-6+,21-15+,22-8?. The maximum atomic E-state index is 13.4. The fraction of sp³-hybridized carbons (Fsp3) is 0.370. The van der Waals surface area contributed by atoms with Crippen LogP contribution in [-0.4, -0.2) is 55.5 Å². The van der Waals surface area contributed by atoms with Crippen molar-refractivity contribution in [2.24, 2.45) is 0 Å². The molecule has 1 N–H and O–H groups in total. The van der Waals surface area contributed by atoms with E-state index in [1.54, 1.807) is 11.0 Å². The molecule has 3 aliphatic heterocycles. The molecule has 0 aliphatic carbocycles. The van der Waals surface area contributed by atoms with Crippen molar-refractivity contribution in [3.63, 3.8) is 0 Å². The van der Waals surface area contributed by atoms with Gasteiger partial charge in [-0.25, -0.2) is 4.52 Å². The zero-order chi connectivity index (χ0) is 23.9. The minimum absolute atomic E-state index is 0.0787. The first kappa shape index (κ1) is 22.3. The summed E-state index contributed by atoms with van der Waals surface area (Å²) in [6.07, 6.45) is 17.7. The lowest BCUT2D eigenvalue weighted by atomic mass is 9.89. The van der Waals surface area contributed by atoms with E-state index in [0.717, 1.165) is 72.0 Å². The lowest BCUT2D eigenvalue weighted by Crippen LogP contribution is -2.51. The number of hydrogen-bond donors (Lipinski definition) is 1. The molecule has 5 heterocycles. The van der Waals surface area contributed by atoms with E-state index in [4.69, 9.17) is 5.10 Å². The topological polar surface area (TPSA) is 65.8 Å². The first-order valence-corrected chi connectivity index (χ1v) is 12.0. The van der Waals surface area contributed by atoms with Crippen molar-refractivity contribution in [2.75, 3.05) is 19.6 Å². The van der Waals surface area contributed by atoms with Gasteiger partial charge in [-0.15, -0.1) is 0 Å². The number of carbonyl (C=O) groups is 1. The summed E-state index contributed by atoms with van der Waals surface area (Å²) in [5, 5.41) is 8.33. The van der Waals surface area contributed by atoms with Crippen molar-refractivity contribution in [1.29, 1.82) is 0 Å². The van der Waals surface area contributed by atoms with Crippen LogP contribution in [-0.2, 0) is 4.79 Å². The van der Waals surface area contributed by atoms with Crippen molar-refractivity contribution in [3.05, 3.63) is 83.4 Å². The molecule has 2 aromatic heterocycles. The Balaban J connectivity index is 1.41. The van der Waals surface area contributed by atoms with Crippen LogP contribution < -0.4 is 5.32 Å². The van der Waals surface area contributed by atoms with E-state index >= 15 is 0 Å². The molecule has 7 heteroatoms. The number of nitrogens with one attached hydrogen (secondary N) is 1. The second-order valence-corrected chi connectivity index (χ2v) is 9.55. The van der Waals surface area contributed by atoms with Gasteiger partial charge in [0, 0.05) is 42.2 Å². The van der Waals surface area contributed by atoms with E-state index in [1.807, 2.05) is 61.1 Å². The molecule has 1 amide bonds. The monoisotopic (exact) mass is 456 g/mol. The van der Waals surface area contributed by atoms with Crippen molar-refractivity contribution < 1.29 is 4.79 Å². The molecule has 0 radical (unpaired) electrons. The predicted molar refractivity (Wildman–Crippen MR) is 135 cm³/mol. The van der Waals surface area contributed by atoms with E-state index in [-0.39, 0.29) is 11.4 Å². The van der Waals surface area contributed by atoms with Crippen LogP contribution in [0.3, 0.4) is 0 Å². The summed E-state index contributed by atoms with van der Waals surface area (Å²) < 4.78 is 1.84. The van der Waals surface area contributed by atoms with E-state index in [1.165, 1.54) is 0 Å². The van der Waals surface area contributed by atoms with Crippen LogP contribution >= 0.6 is 0 Å². The number of carbonyl (C=O) groups excluding carboxylic acids is 1. The Labute approximate surface area is 200 Å². The molecule has 2 aromatic rings. The van der Waals surface area contributed by atoms with Crippen LogP contribution in [0.4, 0.5) is 0 Å². The van der Waals surface area contributed by atoms with E-state index in [0.29, 0.717) is 0 Å². The third-order valence-corrected chi connectivity index (χ3v) is 6.91. The summed E-state index contributed by atoms with van der Waals surface area (Å²) in [4.78, 5) is 22.0. The summed E-state index contributed by atoms with van der Waals surface area (Å²) in [7, 11) is 0. The molecule has 0 atom stereocenters. The number of likely N-dealkylation sites (tertiary alicyclic amines) is 1. The van der Waals surface area contributed by atoms with Crippen LogP contribution in [0.1, 0.15) is 43.8 Å². The van der Waals surface area contributed by atoms with Crippen molar-refractivity contribution in [2.45, 2.75) is 46.1 Å². The number of aryl methyl sites for hydroxylation is 2. The molecular weight excluding hydrogens is 424 g/mol. The Hall–Kier alpha value is -3.45. The van der Waals surface area contributed by atoms with E-state index in [9.17, 15) is 4.79 Å². The molecule has 0 spiro atoms. The Morgan fingerprint density at radius 3 is 2.65 bits per heavy atom. The molecule has 3 aliphatic rings. The summed E-state index contributed by atoms with van der Waals surface area (Å²) in [6, 6.07) is 1.99. The van der Waals surface area contributed by atoms with E-state index in [2.05, 4.69) is 35.1 Å². The van der Waals surface area contributed by atoms with Gasteiger partial charge in [0.15, 0.2) is 0 Å². The highest BCUT2D eigenvalue weighted by atomic mass is 16.2. The van der Waals surface area contributed by atoms with Crippen LogP contribution in [0.5, 0.6) is 0 Å². The average Bonchev–Trinajstić information content (AvgIpc) is 3.22. The van der Waals surface area contributed by atoms with Gasteiger partial charge >= 0.3 is 0 Å². The first-order valence-electron chi connectivity index (χ1n) is 12.0. The fourth-order valence-electron chi connectivity index (χ4n) is 4.97. The largest absolute Gasteiger partial charge is 0.370 e. The van der Waals surface area contributed by atoms with Gasteiger partial charge in [-0.3, -0.25) is 14.7 Å². The van der Waals surface area contributed by atoms with Crippen LogP contribution in [0.15, 0.2) is 66.3 Å². The summed E-state index contributed by atoms with van der Waals surface area (Å²) in [6.45, 7) is 11.3. The summed E-state index contributed by atoms with van der Waals surface area (Å²) in [5.41, 5.74) is 6.44. The molecule has 0 unspecified atom stereocenters. The van der Waals surface area contributed by atoms with Gasteiger partial charge in [0.1, 0.15) is 0 Å². The summed E-state index contributed by atoms with van der Waals surface area (Å²) >= 11 is 0. The number of hydrogen-bond acceptors (Lipinski definition) is 5. The number of fused-ring (bicyclic) bond motifs is 2. The number of aromatic nitrogens is 3. The van der Waals surface area contributed by atoms with Crippen molar-refractivity contribution in [3.8, 4) is 0 Å². The van der Waals surface area contributed by atoms with Crippen molar-refractivity contribution >= 4 is 17.0 Å². The van der Waals surface area contributed by atoms with Gasteiger partial charge in [-0.2, -0.15) is 5.10 Å². The SMILES string of the molecule is CCNC1(C)CCN(C2=CN3C(=O)/C=C(c4cc5c(C)nc(C)cn5n4)\C=C\C=C3C=C2)CC1. The number of amides is 1. The Morgan fingerprint density at radius 1 is 1.12 bits per heavy atom. The Morgan fingerprint density at radius 2 is 1.88 bits per heavy atom. The number of allylic oxidation sites excluding steroid dienone is 6. The van der Waals surface area contributed by atoms with Crippen LogP contribution in [0, 0.1) is 13.8 Å². The zero-order valence-corrected chi connectivity index (χ0v) is 20.4. The molecule has 0 aromatic carbocycles. The molecule has 1 saturated heterocycles. The van der Waals surface area contributed by atoms with Gasteiger partial charge in [0.2, 0.25) is 0 Å². The molecular formula is C27H32N6O. The van der Waals surface area contributed by atoms with Gasteiger partial charge < -0.3 is 10.2 Å². The smallest absolute Gasteiger partial charge is 0.255 e.